The number of benzene rings is 2. The molecular weight excluding hydrogens is 306 g/mol. The summed E-state index contributed by atoms with van der Waals surface area (Å²) < 4.78 is 0. The summed E-state index contributed by atoms with van der Waals surface area (Å²) in [5.41, 5.74) is 2.09. The number of nitro groups is 1. The number of anilines is 1. The first kappa shape index (κ1) is 16.0. The molecule has 0 fully saturated rings. The molecule has 124 valence electrons. The molecule has 0 saturated heterocycles. The van der Waals surface area contributed by atoms with Gasteiger partial charge in [0.25, 0.3) is 11.6 Å². The van der Waals surface area contributed by atoms with E-state index in [0.29, 0.717) is 11.1 Å². The Hall–Kier alpha value is -2.89. The standard InChI is InChI=1S/C18H19N3O3/c1-3-12(2)20-17(13-7-6-8-14(11-13)21(23)24)19-16-10-5-4-9-15(16)18(20)22/h4-12,17,19H,3H2,1-2H3. The quantitative estimate of drug-likeness (QED) is 0.682. The molecule has 1 N–H and O–H groups in total. The monoisotopic (exact) mass is 325 g/mol. The minimum atomic E-state index is -0.428. The van der Waals surface area contributed by atoms with Gasteiger partial charge in [-0.25, -0.2) is 0 Å². The van der Waals surface area contributed by atoms with Gasteiger partial charge in [-0.1, -0.05) is 31.2 Å². The van der Waals surface area contributed by atoms with Crippen molar-refractivity contribution in [1.29, 1.82) is 0 Å². The Morgan fingerprint density at radius 3 is 2.71 bits per heavy atom. The van der Waals surface area contributed by atoms with Gasteiger partial charge >= 0.3 is 0 Å². The second-order valence-corrected chi connectivity index (χ2v) is 5.91. The molecule has 0 aliphatic carbocycles. The van der Waals surface area contributed by atoms with Crippen molar-refractivity contribution in [3.8, 4) is 0 Å². The largest absolute Gasteiger partial charge is 0.361 e. The molecule has 0 spiro atoms. The number of nitrogens with one attached hydrogen (secondary N) is 1. The number of para-hydroxylation sites is 1. The highest BCUT2D eigenvalue weighted by molar-refractivity contribution is 6.01. The highest BCUT2D eigenvalue weighted by atomic mass is 16.6. The molecule has 1 amide bonds. The summed E-state index contributed by atoms with van der Waals surface area (Å²) in [6.45, 7) is 4.00. The normalized spacial score (nSPS) is 17.8. The first-order chi connectivity index (χ1) is 11.5. The van der Waals surface area contributed by atoms with Crippen LogP contribution >= 0.6 is 0 Å². The van der Waals surface area contributed by atoms with Crippen molar-refractivity contribution in [1.82, 2.24) is 4.90 Å². The fraction of sp³-hybridized carbons (Fsp3) is 0.278. The molecule has 6 nitrogen and oxygen atoms in total. The van der Waals surface area contributed by atoms with E-state index in [-0.39, 0.29) is 17.6 Å². The molecule has 0 bridgehead atoms. The molecule has 3 rings (SSSR count). The van der Waals surface area contributed by atoms with E-state index in [9.17, 15) is 14.9 Å². The van der Waals surface area contributed by atoms with E-state index in [0.717, 1.165) is 12.1 Å². The second-order valence-electron chi connectivity index (χ2n) is 5.91. The van der Waals surface area contributed by atoms with Crippen molar-refractivity contribution in [3.05, 3.63) is 69.8 Å². The highest BCUT2D eigenvalue weighted by Crippen LogP contribution is 2.35. The summed E-state index contributed by atoms with van der Waals surface area (Å²) in [4.78, 5) is 25.4. The van der Waals surface area contributed by atoms with Crippen molar-refractivity contribution in [3.63, 3.8) is 0 Å². The molecular formula is C18H19N3O3. The predicted octanol–water partition coefficient (Wildman–Crippen LogP) is 3.96. The Balaban J connectivity index is 2.09. The first-order valence-electron chi connectivity index (χ1n) is 7.95. The van der Waals surface area contributed by atoms with Crippen molar-refractivity contribution >= 4 is 17.3 Å². The van der Waals surface area contributed by atoms with E-state index >= 15 is 0 Å². The van der Waals surface area contributed by atoms with Crippen LogP contribution in [0, 0.1) is 10.1 Å². The van der Waals surface area contributed by atoms with Gasteiger partial charge < -0.3 is 10.2 Å². The molecule has 1 aliphatic heterocycles. The lowest BCUT2D eigenvalue weighted by Crippen LogP contribution is -2.47. The summed E-state index contributed by atoms with van der Waals surface area (Å²) in [5, 5.41) is 14.4. The van der Waals surface area contributed by atoms with Crippen molar-refractivity contribution in [2.75, 3.05) is 5.32 Å². The summed E-state index contributed by atoms with van der Waals surface area (Å²) >= 11 is 0. The van der Waals surface area contributed by atoms with Gasteiger partial charge in [0.1, 0.15) is 6.17 Å². The average Bonchev–Trinajstić information content (AvgIpc) is 2.61. The Bertz CT molecular complexity index is 791. The third-order valence-electron chi connectivity index (χ3n) is 4.42. The molecule has 24 heavy (non-hydrogen) atoms. The SMILES string of the molecule is CCC(C)N1C(=O)c2ccccc2NC1c1cccc([N+](=O)[O-])c1. The number of hydrogen-bond donors (Lipinski definition) is 1. The van der Waals surface area contributed by atoms with Crippen molar-refractivity contribution in [2.45, 2.75) is 32.5 Å². The van der Waals surface area contributed by atoms with Gasteiger partial charge in [0, 0.05) is 29.4 Å². The smallest absolute Gasteiger partial charge is 0.269 e. The van der Waals surface area contributed by atoms with Crippen LogP contribution in [0.3, 0.4) is 0 Å². The van der Waals surface area contributed by atoms with Gasteiger partial charge in [0.2, 0.25) is 0 Å². The van der Waals surface area contributed by atoms with Crippen LogP contribution in [0.2, 0.25) is 0 Å². The van der Waals surface area contributed by atoms with Crippen LogP contribution in [0.1, 0.15) is 42.4 Å². The molecule has 2 aromatic carbocycles. The number of amides is 1. The lowest BCUT2D eigenvalue weighted by molar-refractivity contribution is -0.384. The van der Waals surface area contributed by atoms with E-state index in [2.05, 4.69) is 5.32 Å². The highest BCUT2D eigenvalue weighted by Gasteiger charge is 2.35. The zero-order chi connectivity index (χ0) is 17.3. The van der Waals surface area contributed by atoms with E-state index in [4.69, 9.17) is 0 Å². The predicted molar refractivity (Wildman–Crippen MR) is 91.8 cm³/mol. The summed E-state index contributed by atoms with van der Waals surface area (Å²) in [7, 11) is 0. The molecule has 1 heterocycles. The minimum absolute atomic E-state index is 0.00242. The van der Waals surface area contributed by atoms with Crippen LogP contribution in [-0.2, 0) is 0 Å². The Morgan fingerprint density at radius 1 is 1.25 bits per heavy atom. The maximum Gasteiger partial charge on any atom is 0.269 e. The average molecular weight is 325 g/mol. The topological polar surface area (TPSA) is 75.5 Å². The number of nitrogens with zero attached hydrogens (tertiary/aromatic N) is 2. The van der Waals surface area contributed by atoms with Gasteiger partial charge in [0.05, 0.1) is 10.5 Å². The van der Waals surface area contributed by atoms with Crippen LogP contribution in [0.25, 0.3) is 0 Å². The Labute approximate surface area is 140 Å². The lowest BCUT2D eigenvalue weighted by Gasteiger charge is -2.41. The van der Waals surface area contributed by atoms with Gasteiger partial charge in [-0.15, -0.1) is 0 Å². The molecule has 2 atom stereocenters. The van der Waals surface area contributed by atoms with Gasteiger partial charge in [-0.05, 0) is 25.5 Å². The number of rotatable bonds is 4. The zero-order valence-electron chi connectivity index (χ0n) is 13.6. The fourth-order valence-corrected chi connectivity index (χ4v) is 2.97. The maximum absolute atomic E-state index is 13.0. The van der Waals surface area contributed by atoms with Crippen LogP contribution < -0.4 is 5.32 Å². The van der Waals surface area contributed by atoms with Crippen LogP contribution in [0.4, 0.5) is 11.4 Å². The summed E-state index contributed by atoms with van der Waals surface area (Å²) in [6.07, 6.45) is 0.364. The van der Waals surface area contributed by atoms with E-state index in [1.165, 1.54) is 12.1 Å². The third kappa shape index (κ3) is 2.71. The van der Waals surface area contributed by atoms with Crippen molar-refractivity contribution < 1.29 is 9.72 Å². The number of nitro benzene ring substituents is 1. The van der Waals surface area contributed by atoms with Crippen LogP contribution in [0.15, 0.2) is 48.5 Å². The Kier molecular flexibility index (Phi) is 4.20. The molecule has 1 aliphatic rings. The van der Waals surface area contributed by atoms with E-state index in [1.54, 1.807) is 23.1 Å². The van der Waals surface area contributed by atoms with E-state index in [1.807, 2.05) is 32.0 Å². The minimum Gasteiger partial charge on any atom is -0.361 e. The molecule has 6 heteroatoms. The number of non-ortho nitro benzene ring substituents is 1. The number of carbonyl (C=O) groups is 1. The van der Waals surface area contributed by atoms with Crippen LogP contribution in [-0.4, -0.2) is 21.8 Å². The number of hydrogen-bond acceptors (Lipinski definition) is 4. The van der Waals surface area contributed by atoms with Gasteiger partial charge in [-0.2, -0.15) is 0 Å². The number of fused-ring (bicyclic) bond motifs is 1. The van der Waals surface area contributed by atoms with Gasteiger partial charge in [0.15, 0.2) is 0 Å². The molecule has 0 radical (unpaired) electrons. The zero-order valence-corrected chi connectivity index (χ0v) is 13.6. The van der Waals surface area contributed by atoms with Crippen molar-refractivity contribution in [2.24, 2.45) is 0 Å². The maximum atomic E-state index is 13.0. The number of carbonyl (C=O) groups excluding carboxylic acids is 1. The first-order valence-corrected chi connectivity index (χ1v) is 7.95. The molecule has 0 saturated carbocycles. The molecule has 0 aromatic heterocycles. The Morgan fingerprint density at radius 2 is 2.00 bits per heavy atom. The van der Waals surface area contributed by atoms with Crippen LogP contribution in [0.5, 0.6) is 0 Å². The summed E-state index contributed by atoms with van der Waals surface area (Å²) in [6, 6.07) is 13.8. The van der Waals surface area contributed by atoms with E-state index < -0.39 is 11.1 Å². The molecule has 2 unspecified atom stereocenters. The lowest BCUT2D eigenvalue weighted by atomic mass is 10.0. The second kappa shape index (κ2) is 6.31. The summed E-state index contributed by atoms with van der Waals surface area (Å²) in [5.74, 6) is -0.0600. The van der Waals surface area contributed by atoms with Gasteiger partial charge in [-0.3, -0.25) is 14.9 Å². The fourth-order valence-electron chi connectivity index (χ4n) is 2.97. The third-order valence-corrected chi connectivity index (χ3v) is 4.42. The molecule has 2 aromatic rings.